The van der Waals surface area contributed by atoms with Crippen LogP contribution >= 0.6 is 0 Å². The Kier molecular flexibility index (Phi) is 28.5. The van der Waals surface area contributed by atoms with Crippen LogP contribution in [-0.4, -0.2) is 180 Å². The van der Waals surface area contributed by atoms with E-state index in [1.54, 1.807) is 41.5 Å². The van der Waals surface area contributed by atoms with Gasteiger partial charge in [-0.05, 0) is 63.7 Å². The Bertz CT molecular complexity index is 1880. The van der Waals surface area contributed by atoms with E-state index in [9.17, 15) is 53.1 Å². The summed E-state index contributed by atoms with van der Waals surface area (Å²) in [6.45, 7) is 16.7. The Hall–Kier alpha value is -6.07. The van der Waals surface area contributed by atoms with E-state index in [1.807, 2.05) is 13.8 Å². The van der Waals surface area contributed by atoms with Crippen LogP contribution in [0.25, 0.3) is 0 Å². The standard InChI is InChI=1S/C48H87N13O11/c1-13-17-21-33(42(67)56-38(28(7)14-2)44(69)54-32(20-18-23-52-48(49)50)46(71)61-24-19-22-34(61)41(66)51-16-4)60(12)47(72)40(30(9)62)58-45(70)39(29(8)15-3)57-43(68)37(27(5)6)55-35(64)25-53-36(65)26-59(11)31(10)63/h27-30,32-34,37-40,62H,13-26H2,1-12H3,(H,51,66)(H,53,65)(H,54,69)(H,55,64)(H,56,67)(H,57,68)(H,58,70)(H4,49,50,52)/t28-,29?,30?,32-,33-,34-,37-,38-,39+,40-/m0/s1. The quantitative estimate of drug-likeness (QED) is 0.0211. The highest BCUT2D eigenvalue weighted by molar-refractivity contribution is 5.98. The van der Waals surface area contributed by atoms with E-state index in [0.717, 1.165) is 9.80 Å². The summed E-state index contributed by atoms with van der Waals surface area (Å²) >= 11 is 0. The van der Waals surface area contributed by atoms with Crippen LogP contribution in [0.2, 0.25) is 0 Å². The van der Waals surface area contributed by atoms with Crippen molar-refractivity contribution in [1.29, 1.82) is 0 Å². The number of rotatable bonds is 31. The number of amides is 10. The van der Waals surface area contributed by atoms with Gasteiger partial charge in [0.25, 0.3) is 0 Å². The Labute approximate surface area is 425 Å². The fourth-order valence-electron chi connectivity index (χ4n) is 7.94. The van der Waals surface area contributed by atoms with Gasteiger partial charge in [0.05, 0.1) is 19.2 Å². The molecule has 0 radical (unpaired) electrons. The third-order valence-corrected chi connectivity index (χ3v) is 13.0. The van der Waals surface area contributed by atoms with E-state index in [1.165, 1.54) is 32.8 Å². The first-order valence-electron chi connectivity index (χ1n) is 25.3. The summed E-state index contributed by atoms with van der Waals surface area (Å²) in [5, 5.41) is 29.7. The van der Waals surface area contributed by atoms with Gasteiger partial charge in [0.2, 0.25) is 59.1 Å². The van der Waals surface area contributed by atoms with Crippen LogP contribution in [0, 0.1) is 17.8 Å². The van der Waals surface area contributed by atoms with Gasteiger partial charge in [-0.3, -0.25) is 52.9 Å². The normalized spacial score (nSPS) is 17.0. The molecule has 410 valence electrons. The molecular formula is C48H87N13O11. The van der Waals surface area contributed by atoms with Gasteiger partial charge in [-0.25, -0.2) is 0 Å². The number of guanidine groups is 1. The number of aliphatic imine (C=N–C) groups is 1. The van der Waals surface area contributed by atoms with E-state index in [4.69, 9.17) is 11.5 Å². The van der Waals surface area contributed by atoms with Gasteiger partial charge in [0.1, 0.15) is 42.3 Å². The molecular weight excluding hydrogens is 935 g/mol. The molecule has 0 aromatic rings. The van der Waals surface area contributed by atoms with E-state index in [-0.39, 0.29) is 43.7 Å². The molecule has 10 amide bonds. The molecule has 0 aromatic heterocycles. The summed E-state index contributed by atoms with van der Waals surface area (Å²) in [7, 11) is 2.77. The zero-order valence-corrected chi connectivity index (χ0v) is 44.7. The molecule has 24 nitrogen and oxygen atoms in total. The molecule has 0 bridgehead atoms. The van der Waals surface area contributed by atoms with Crippen molar-refractivity contribution in [1.82, 2.24) is 51.9 Å². The lowest BCUT2D eigenvalue weighted by atomic mass is 9.95. The molecule has 1 aliphatic heterocycles. The van der Waals surface area contributed by atoms with Gasteiger partial charge < -0.3 is 68.5 Å². The van der Waals surface area contributed by atoms with Gasteiger partial charge in [-0.1, -0.05) is 74.1 Å². The summed E-state index contributed by atoms with van der Waals surface area (Å²) in [5.74, 6) is -7.77. The summed E-state index contributed by atoms with van der Waals surface area (Å²) in [4.78, 5) is 142. The van der Waals surface area contributed by atoms with Crippen LogP contribution in [-0.2, 0) is 47.9 Å². The lowest BCUT2D eigenvalue weighted by Gasteiger charge is -2.35. The number of nitrogens with two attached hydrogens (primary N) is 2. The largest absolute Gasteiger partial charge is 0.391 e. The molecule has 1 fully saturated rings. The number of aliphatic hydroxyl groups is 1. The third-order valence-electron chi connectivity index (χ3n) is 13.0. The van der Waals surface area contributed by atoms with Crippen molar-refractivity contribution < 1.29 is 53.1 Å². The Morgan fingerprint density at radius 1 is 0.708 bits per heavy atom. The summed E-state index contributed by atoms with van der Waals surface area (Å²) in [6.07, 6.45) is 1.99. The predicted molar refractivity (Wildman–Crippen MR) is 271 cm³/mol. The minimum Gasteiger partial charge on any atom is -0.391 e. The first kappa shape index (κ1) is 63.9. The molecule has 1 rings (SSSR count). The van der Waals surface area contributed by atoms with E-state index >= 15 is 0 Å². The van der Waals surface area contributed by atoms with Crippen molar-refractivity contribution >= 4 is 65.0 Å². The molecule has 12 N–H and O–H groups in total. The summed E-state index contributed by atoms with van der Waals surface area (Å²) < 4.78 is 0. The van der Waals surface area contributed by atoms with Crippen LogP contribution in [0.4, 0.5) is 0 Å². The van der Waals surface area contributed by atoms with Crippen molar-refractivity contribution in [3.05, 3.63) is 0 Å². The van der Waals surface area contributed by atoms with E-state index < -0.39 is 120 Å². The van der Waals surface area contributed by atoms with Gasteiger partial charge in [-0.15, -0.1) is 0 Å². The number of likely N-dealkylation sites (N-methyl/N-ethyl adjacent to an activating group) is 3. The fourth-order valence-corrected chi connectivity index (χ4v) is 7.94. The molecule has 1 aliphatic rings. The number of nitrogens with one attached hydrogen (secondary N) is 7. The molecule has 72 heavy (non-hydrogen) atoms. The zero-order valence-electron chi connectivity index (χ0n) is 44.7. The Morgan fingerprint density at radius 3 is 1.78 bits per heavy atom. The highest BCUT2D eigenvalue weighted by Gasteiger charge is 2.41. The fraction of sp³-hybridized carbons (Fsp3) is 0.771. The number of aliphatic hydroxyl groups excluding tert-OH is 1. The van der Waals surface area contributed by atoms with Gasteiger partial charge in [0.15, 0.2) is 5.96 Å². The first-order chi connectivity index (χ1) is 33.8. The average molecular weight is 1020 g/mol. The molecule has 1 saturated heterocycles. The van der Waals surface area contributed by atoms with Crippen LogP contribution in [0.3, 0.4) is 0 Å². The average Bonchev–Trinajstić information content (AvgIpc) is 3.82. The Balaban J connectivity index is 3.42. The number of nitrogens with zero attached hydrogens (tertiary/aromatic N) is 4. The topological polar surface area (TPSA) is 349 Å². The monoisotopic (exact) mass is 1020 g/mol. The number of carbonyl (C=O) groups excluding carboxylic acids is 10. The van der Waals surface area contributed by atoms with Gasteiger partial charge in [-0.2, -0.15) is 0 Å². The number of hydrogen-bond acceptors (Lipinski definition) is 12. The molecule has 10 atom stereocenters. The summed E-state index contributed by atoms with van der Waals surface area (Å²) in [5.41, 5.74) is 11.0. The second-order valence-corrected chi connectivity index (χ2v) is 19.1. The number of unbranched alkanes of at least 4 members (excludes halogenated alkanes) is 1. The number of hydrogen-bond donors (Lipinski definition) is 10. The first-order valence-corrected chi connectivity index (χ1v) is 25.3. The van der Waals surface area contributed by atoms with Crippen molar-refractivity contribution in [2.24, 2.45) is 34.2 Å². The smallest absolute Gasteiger partial charge is 0.248 e. The third kappa shape index (κ3) is 20.6. The van der Waals surface area contributed by atoms with Crippen LogP contribution in [0.5, 0.6) is 0 Å². The molecule has 0 saturated carbocycles. The minimum atomic E-state index is -1.61. The maximum Gasteiger partial charge on any atom is 0.248 e. The highest BCUT2D eigenvalue weighted by atomic mass is 16.3. The van der Waals surface area contributed by atoms with Crippen LogP contribution in [0.1, 0.15) is 127 Å². The molecule has 1 heterocycles. The van der Waals surface area contributed by atoms with E-state index in [0.29, 0.717) is 58.0 Å². The van der Waals surface area contributed by atoms with E-state index in [2.05, 4.69) is 42.2 Å². The van der Waals surface area contributed by atoms with Crippen molar-refractivity contribution in [3.8, 4) is 0 Å². The number of likely N-dealkylation sites (tertiary alicyclic amines) is 1. The maximum atomic E-state index is 14.4. The SMILES string of the molecule is CCCC[C@@H](C(=O)N[C@H](C(=O)N[C@@H](CCCN=C(N)N)C(=O)N1CCC[C@H]1C(=O)NCC)[C@@H](C)CC)N(C)C(=O)[C@@H](NC(=O)[C@H](NC(=O)[C@@H](NC(=O)CNC(=O)CN(C)C(C)=O)C(C)C)C(C)CC)C(C)O. The summed E-state index contributed by atoms with van der Waals surface area (Å²) in [6, 6.07) is -8.25. The molecule has 0 spiro atoms. The molecule has 24 heteroatoms. The second-order valence-electron chi connectivity index (χ2n) is 19.1. The number of carbonyl (C=O) groups is 10. The van der Waals surface area contributed by atoms with Crippen molar-refractivity contribution in [2.45, 2.75) is 175 Å². The molecule has 2 unspecified atom stereocenters. The predicted octanol–water partition coefficient (Wildman–Crippen LogP) is -1.67. The van der Waals surface area contributed by atoms with Crippen molar-refractivity contribution in [3.63, 3.8) is 0 Å². The Morgan fingerprint density at radius 2 is 1.26 bits per heavy atom. The van der Waals surface area contributed by atoms with Gasteiger partial charge in [0, 0.05) is 40.7 Å². The minimum absolute atomic E-state index is 0.115. The lowest BCUT2D eigenvalue weighted by molar-refractivity contribution is -0.146. The molecule has 0 aliphatic carbocycles. The van der Waals surface area contributed by atoms with Crippen LogP contribution in [0.15, 0.2) is 4.99 Å². The highest BCUT2D eigenvalue weighted by Crippen LogP contribution is 2.21. The van der Waals surface area contributed by atoms with Crippen LogP contribution < -0.4 is 48.7 Å². The van der Waals surface area contributed by atoms with Crippen molar-refractivity contribution in [2.75, 3.05) is 46.8 Å². The molecule has 0 aromatic carbocycles. The second kappa shape index (κ2) is 32.1. The maximum absolute atomic E-state index is 14.4. The van der Waals surface area contributed by atoms with Gasteiger partial charge >= 0.3 is 0 Å². The lowest BCUT2D eigenvalue weighted by Crippen LogP contribution is -2.63. The zero-order chi connectivity index (χ0) is 55.0.